The van der Waals surface area contributed by atoms with Gasteiger partial charge in [-0.15, -0.1) is 0 Å². The molecule has 0 saturated carbocycles. The fraction of sp³-hybridized carbons (Fsp3) is 0.571. The maximum absolute atomic E-state index is 5.71. The maximum Gasteiger partial charge on any atom is 0.183 e. The number of hydrogen-bond donors (Lipinski definition) is 1. The third-order valence-electron chi connectivity index (χ3n) is 2.53. The summed E-state index contributed by atoms with van der Waals surface area (Å²) < 4.78 is 16.4. The monoisotopic (exact) mass is 253 g/mol. The highest BCUT2D eigenvalue weighted by Crippen LogP contribution is 2.19. The van der Waals surface area contributed by atoms with Crippen LogP contribution in [-0.4, -0.2) is 40.5 Å². The van der Waals surface area contributed by atoms with Crippen LogP contribution in [0, 0.1) is 6.92 Å². The molecule has 4 nitrogen and oxygen atoms in total. The van der Waals surface area contributed by atoms with Gasteiger partial charge < -0.3 is 19.5 Å². The van der Waals surface area contributed by atoms with Crippen LogP contribution in [-0.2, 0) is 14.2 Å². The summed E-state index contributed by atoms with van der Waals surface area (Å²) in [7, 11) is 3.56. The topological polar surface area (TPSA) is 39.7 Å². The first kappa shape index (κ1) is 15.1. The van der Waals surface area contributed by atoms with Crippen LogP contribution >= 0.6 is 0 Å². The van der Waals surface area contributed by atoms with Crippen molar-refractivity contribution in [2.75, 3.05) is 40.5 Å². The van der Waals surface area contributed by atoms with E-state index in [0.29, 0.717) is 19.8 Å². The van der Waals surface area contributed by atoms with Crippen molar-refractivity contribution in [3.8, 4) is 0 Å². The predicted octanol–water partition coefficient (Wildman–Crippen LogP) is 1.89. The van der Waals surface area contributed by atoms with Crippen LogP contribution in [0.15, 0.2) is 24.3 Å². The Balaban J connectivity index is 2.54. The zero-order chi connectivity index (χ0) is 13.2. The van der Waals surface area contributed by atoms with Crippen LogP contribution in [0.25, 0.3) is 0 Å². The molecular weight excluding hydrogens is 230 g/mol. The molecule has 102 valence electrons. The second-order valence-corrected chi connectivity index (χ2v) is 4.08. The van der Waals surface area contributed by atoms with Gasteiger partial charge in [0.25, 0.3) is 0 Å². The van der Waals surface area contributed by atoms with Crippen molar-refractivity contribution in [3.63, 3.8) is 0 Å². The molecule has 0 aliphatic heterocycles. The van der Waals surface area contributed by atoms with Crippen molar-refractivity contribution < 1.29 is 14.2 Å². The first-order chi connectivity index (χ1) is 8.77. The standard InChI is InChI=1S/C14H23NO3/c1-12-4-6-13(7-5-12)14(17-9-8-15-2)18-11-10-16-3/h4-7,14-15H,8-11H2,1-3H3. The molecule has 0 saturated heterocycles. The molecule has 1 atom stereocenters. The second-order valence-electron chi connectivity index (χ2n) is 4.08. The highest BCUT2D eigenvalue weighted by Gasteiger charge is 2.11. The number of ether oxygens (including phenoxy) is 3. The minimum absolute atomic E-state index is 0.325. The fourth-order valence-electron chi connectivity index (χ4n) is 1.47. The van der Waals surface area contributed by atoms with E-state index in [1.54, 1.807) is 7.11 Å². The fourth-order valence-corrected chi connectivity index (χ4v) is 1.47. The number of methoxy groups -OCH3 is 1. The number of likely N-dealkylation sites (N-methyl/N-ethyl adjacent to an activating group) is 1. The summed E-state index contributed by atoms with van der Waals surface area (Å²) in [5, 5.41) is 3.05. The van der Waals surface area contributed by atoms with Crippen molar-refractivity contribution in [2.24, 2.45) is 0 Å². The van der Waals surface area contributed by atoms with Crippen LogP contribution in [0.2, 0.25) is 0 Å². The summed E-state index contributed by atoms with van der Waals surface area (Å²) in [6.45, 7) is 4.57. The summed E-state index contributed by atoms with van der Waals surface area (Å²) in [6, 6.07) is 8.19. The minimum Gasteiger partial charge on any atom is -0.382 e. The molecule has 0 heterocycles. The van der Waals surface area contributed by atoms with Crippen molar-refractivity contribution in [3.05, 3.63) is 35.4 Å². The van der Waals surface area contributed by atoms with Crippen molar-refractivity contribution in [2.45, 2.75) is 13.2 Å². The molecule has 18 heavy (non-hydrogen) atoms. The number of nitrogens with one attached hydrogen (secondary N) is 1. The van der Waals surface area contributed by atoms with Gasteiger partial charge in [0, 0.05) is 19.2 Å². The third-order valence-corrected chi connectivity index (χ3v) is 2.53. The van der Waals surface area contributed by atoms with Gasteiger partial charge in [-0.05, 0) is 14.0 Å². The SMILES string of the molecule is CNCCOC(OCCOC)c1ccc(C)cc1. The lowest BCUT2D eigenvalue weighted by molar-refractivity contribution is -0.152. The Morgan fingerprint density at radius 2 is 1.72 bits per heavy atom. The highest BCUT2D eigenvalue weighted by molar-refractivity contribution is 5.22. The molecule has 0 fully saturated rings. The Kier molecular flexibility index (Phi) is 7.60. The van der Waals surface area contributed by atoms with E-state index in [4.69, 9.17) is 14.2 Å². The molecule has 0 bridgehead atoms. The molecule has 0 radical (unpaired) electrons. The van der Waals surface area contributed by atoms with E-state index in [0.717, 1.165) is 12.1 Å². The van der Waals surface area contributed by atoms with Gasteiger partial charge in [0.1, 0.15) is 0 Å². The normalized spacial score (nSPS) is 12.6. The maximum atomic E-state index is 5.71. The van der Waals surface area contributed by atoms with Gasteiger partial charge in [-0.25, -0.2) is 0 Å². The Bertz CT molecular complexity index is 303. The highest BCUT2D eigenvalue weighted by atomic mass is 16.7. The van der Waals surface area contributed by atoms with E-state index in [1.165, 1.54) is 5.56 Å². The van der Waals surface area contributed by atoms with Crippen molar-refractivity contribution in [1.82, 2.24) is 5.32 Å². The van der Waals surface area contributed by atoms with Crippen molar-refractivity contribution in [1.29, 1.82) is 0 Å². The van der Waals surface area contributed by atoms with Gasteiger partial charge in [-0.3, -0.25) is 0 Å². The Hall–Kier alpha value is -0.940. The lowest BCUT2D eigenvalue weighted by Crippen LogP contribution is -2.19. The zero-order valence-electron chi connectivity index (χ0n) is 11.4. The molecule has 0 aliphatic rings. The summed E-state index contributed by atoms with van der Waals surface area (Å²) in [4.78, 5) is 0. The van der Waals surface area contributed by atoms with Crippen LogP contribution in [0.5, 0.6) is 0 Å². The average molecular weight is 253 g/mol. The van der Waals surface area contributed by atoms with Gasteiger partial charge in [0.2, 0.25) is 0 Å². The van der Waals surface area contributed by atoms with E-state index in [9.17, 15) is 0 Å². The first-order valence-corrected chi connectivity index (χ1v) is 6.21. The van der Waals surface area contributed by atoms with E-state index in [1.807, 2.05) is 19.2 Å². The molecule has 1 N–H and O–H groups in total. The van der Waals surface area contributed by atoms with Gasteiger partial charge in [-0.2, -0.15) is 0 Å². The average Bonchev–Trinajstić information content (AvgIpc) is 2.38. The Morgan fingerprint density at radius 1 is 1.06 bits per heavy atom. The largest absolute Gasteiger partial charge is 0.382 e. The predicted molar refractivity (Wildman–Crippen MR) is 71.6 cm³/mol. The summed E-state index contributed by atoms with van der Waals surface area (Å²) >= 11 is 0. The number of aryl methyl sites for hydroxylation is 1. The summed E-state index contributed by atoms with van der Waals surface area (Å²) in [5.41, 5.74) is 2.26. The lowest BCUT2D eigenvalue weighted by atomic mass is 10.1. The minimum atomic E-state index is -0.325. The number of benzene rings is 1. The molecule has 1 unspecified atom stereocenters. The van der Waals surface area contributed by atoms with Gasteiger partial charge in [0.15, 0.2) is 6.29 Å². The number of hydrogen-bond acceptors (Lipinski definition) is 4. The summed E-state index contributed by atoms with van der Waals surface area (Å²) in [6.07, 6.45) is -0.325. The molecule has 1 rings (SSSR count). The zero-order valence-corrected chi connectivity index (χ0v) is 11.4. The molecule has 1 aromatic rings. The molecule has 0 spiro atoms. The summed E-state index contributed by atoms with van der Waals surface area (Å²) in [5.74, 6) is 0. The van der Waals surface area contributed by atoms with E-state index in [-0.39, 0.29) is 6.29 Å². The molecular formula is C14H23NO3. The molecule has 0 aliphatic carbocycles. The first-order valence-electron chi connectivity index (χ1n) is 6.21. The quantitative estimate of drug-likeness (QED) is 0.539. The van der Waals surface area contributed by atoms with E-state index >= 15 is 0 Å². The lowest BCUT2D eigenvalue weighted by Gasteiger charge is -2.19. The van der Waals surface area contributed by atoms with Gasteiger partial charge in [0.05, 0.1) is 19.8 Å². The smallest absolute Gasteiger partial charge is 0.183 e. The van der Waals surface area contributed by atoms with Crippen LogP contribution in [0.4, 0.5) is 0 Å². The van der Waals surface area contributed by atoms with Crippen LogP contribution < -0.4 is 5.32 Å². The van der Waals surface area contributed by atoms with Gasteiger partial charge in [-0.1, -0.05) is 29.8 Å². The third kappa shape index (κ3) is 5.60. The van der Waals surface area contributed by atoms with Crippen molar-refractivity contribution >= 4 is 0 Å². The Morgan fingerprint density at radius 3 is 2.33 bits per heavy atom. The van der Waals surface area contributed by atoms with E-state index in [2.05, 4.69) is 24.4 Å². The van der Waals surface area contributed by atoms with Crippen LogP contribution in [0.1, 0.15) is 17.4 Å². The molecule has 4 heteroatoms. The second kappa shape index (κ2) is 9.05. The Labute approximate surface area is 109 Å². The van der Waals surface area contributed by atoms with E-state index < -0.39 is 0 Å². The van der Waals surface area contributed by atoms with Crippen LogP contribution in [0.3, 0.4) is 0 Å². The van der Waals surface area contributed by atoms with Gasteiger partial charge >= 0.3 is 0 Å². The molecule has 1 aromatic carbocycles. The number of rotatable bonds is 9. The molecule has 0 aromatic heterocycles. The molecule has 0 amide bonds.